The number of pyridine rings is 1. The van der Waals surface area contributed by atoms with Gasteiger partial charge in [-0.3, -0.25) is 0 Å². The van der Waals surface area contributed by atoms with Crippen molar-refractivity contribution in [2.75, 3.05) is 0 Å². The lowest BCUT2D eigenvalue weighted by Crippen LogP contribution is -2.30. The van der Waals surface area contributed by atoms with Gasteiger partial charge in [-0.25, -0.2) is 8.96 Å². The zero-order valence-corrected chi connectivity index (χ0v) is 14.1. The Labute approximate surface area is 140 Å². The van der Waals surface area contributed by atoms with E-state index in [0.717, 1.165) is 33.2 Å². The lowest BCUT2D eigenvalue weighted by Gasteiger charge is -2.06. The van der Waals surface area contributed by atoms with Crippen LogP contribution >= 0.6 is 0 Å². The van der Waals surface area contributed by atoms with Crippen LogP contribution in [0.2, 0.25) is 0 Å². The summed E-state index contributed by atoms with van der Waals surface area (Å²) in [6, 6.07) is 13.9. The standard InChI is InChI=1S/C21H19FNO/c1-4-14-9-10-15-19-17(24-21(15)20(14)22)11-8-13(2)18(19)16-7-5-6-12-23(16)3/h5-12H,4H2,1-3H3/q+1. The average Bonchev–Trinajstić information content (AvgIpc) is 2.96. The molecule has 3 heteroatoms. The molecule has 0 saturated heterocycles. The molecule has 0 N–H and O–H groups in total. The summed E-state index contributed by atoms with van der Waals surface area (Å²) in [6.07, 6.45) is 2.67. The molecule has 24 heavy (non-hydrogen) atoms. The van der Waals surface area contributed by atoms with E-state index < -0.39 is 0 Å². The highest BCUT2D eigenvalue weighted by Crippen LogP contribution is 2.39. The third-order valence-electron chi connectivity index (χ3n) is 4.73. The summed E-state index contributed by atoms with van der Waals surface area (Å²) in [5.41, 5.74) is 5.09. The minimum Gasteiger partial charge on any atom is -0.453 e. The van der Waals surface area contributed by atoms with Crippen LogP contribution in [0.25, 0.3) is 33.2 Å². The number of rotatable bonds is 2. The van der Waals surface area contributed by atoms with E-state index in [2.05, 4.69) is 17.6 Å². The average molecular weight is 320 g/mol. The van der Waals surface area contributed by atoms with Crippen molar-refractivity contribution in [3.8, 4) is 11.3 Å². The first kappa shape index (κ1) is 14.9. The first-order valence-corrected chi connectivity index (χ1v) is 8.20. The summed E-state index contributed by atoms with van der Waals surface area (Å²) in [4.78, 5) is 0. The van der Waals surface area contributed by atoms with Crippen molar-refractivity contribution in [1.29, 1.82) is 0 Å². The summed E-state index contributed by atoms with van der Waals surface area (Å²) in [6.45, 7) is 4.03. The Morgan fingerprint density at radius 1 is 1.08 bits per heavy atom. The second-order valence-corrected chi connectivity index (χ2v) is 6.20. The van der Waals surface area contributed by atoms with Crippen molar-refractivity contribution in [3.05, 3.63) is 65.6 Å². The molecule has 0 bridgehead atoms. The van der Waals surface area contributed by atoms with Gasteiger partial charge < -0.3 is 4.42 Å². The maximum absolute atomic E-state index is 14.7. The number of nitrogens with zero attached hydrogens (tertiary/aromatic N) is 1. The maximum atomic E-state index is 14.7. The van der Waals surface area contributed by atoms with E-state index in [-0.39, 0.29) is 5.82 Å². The number of aromatic nitrogens is 1. The maximum Gasteiger partial charge on any atom is 0.213 e. The predicted octanol–water partition coefficient (Wildman–Crippen LogP) is 5.09. The van der Waals surface area contributed by atoms with Crippen molar-refractivity contribution >= 4 is 21.9 Å². The first-order chi connectivity index (χ1) is 11.6. The van der Waals surface area contributed by atoms with Crippen molar-refractivity contribution in [2.45, 2.75) is 20.3 Å². The molecule has 0 radical (unpaired) electrons. The van der Waals surface area contributed by atoms with E-state index in [0.29, 0.717) is 17.6 Å². The fourth-order valence-electron chi connectivity index (χ4n) is 3.43. The van der Waals surface area contributed by atoms with Gasteiger partial charge in [-0.2, -0.15) is 0 Å². The van der Waals surface area contributed by atoms with E-state index in [1.165, 1.54) is 0 Å². The molecule has 0 saturated carbocycles. The minimum atomic E-state index is -0.243. The number of halogens is 1. The molecule has 0 unspecified atom stereocenters. The largest absolute Gasteiger partial charge is 0.453 e. The molecule has 4 aromatic rings. The van der Waals surface area contributed by atoms with Crippen LogP contribution in [0.5, 0.6) is 0 Å². The summed E-state index contributed by atoms with van der Waals surface area (Å²) >= 11 is 0. The molecule has 2 nitrogen and oxygen atoms in total. The number of hydrogen-bond acceptors (Lipinski definition) is 1. The van der Waals surface area contributed by atoms with E-state index in [4.69, 9.17) is 4.42 Å². The Bertz CT molecular complexity index is 1080. The number of furan rings is 1. The van der Waals surface area contributed by atoms with Gasteiger partial charge in [0.25, 0.3) is 0 Å². The molecular weight excluding hydrogens is 301 g/mol. The van der Waals surface area contributed by atoms with Crippen LogP contribution in [0.3, 0.4) is 0 Å². The molecule has 2 aromatic heterocycles. The summed E-state index contributed by atoms with van der Waals surface area (Å²) in [5, 5.41) is 1.82. The Morgan fingerprint density at radius 2 is 1.92 bits per heavy atom. The van der Waals surface area contributed by atoms with Crippen LogP contribution in [-0.2, 0) is 13.5 Å². The van der Waals surface area contributed by atoms with Gasteiger partial charge in [0.15, 0.2) is 17.6 Å². The second-order valence-electron chi connectivity index (χ2n) is 6.20. The normalized spacial score (nSPS) is 11.5. The fraction of sp³-hybridized carbons (Fsp3) is 0.190. The highest BCUT2D eigenvalue weighted by atomic mass is 19.1. The quantitative estimate of drug-likeness (QED) is 0.470. The van der Waals surface area contributed by atoms with Gasteiger partial charge in [0.05, 0.1) is 5.56 Å². The zero-order chi connectivity index (χ0) is 16.8. The van der Waals surface area contributed by atoms with Crippen molar-refractivity contribution in [1.82, 2.24) is 0 Å². The molecule has 0 atom stereocenters. The second kappa shape index (κ2) is 5.45. The highest BCUT2D eigenvalue weighted by molar-refractivity contribution is 6.12. The molecule has 2 heterocycles. The lowest BCUT2D eigenvalue weighted by atomic mass is 9.97. The molecule has 0 aliphatic carbocycles. The monoisotopic (exact) mass is 320 g/mol. The smallest absolute Gasteiger partial charge is 0.213 e. The summed E-state index contributed by atoms with van der Waals surface area (Å²) in [5.74, 6) is -0.243. The SMILES string of the molecule is CCc1ccc2c(oc3ccc(C)c(-c4cccc[n+]4C)c32)c1F. The molecule has 120 valence electrons. The van der Waals surface area contributed by atoms with Crippen LogP contribution in [0, 0.1) is 12.7 Å². The summed E-state index contributed by atoms with van der Waals surface area (Å²) in [7, 11) is 2.02. The Balaban J connectivity index is 2.18. The van der Waals surface area contributed by atoms with Gasteiger partial charge in [0, 0.05) is 22.9 Å². The third kappa shape index (κ3) is 2.04. The lowest BCUT2D eigenvalue weighted by molar-refractivity contribution is -0.660. The third-order valence-corrected chi connectivity index (χ3v) is 4.73. The van der Waals surface area contributed by atoms with E-state index in [9.17, 15) is 4.39 Å². The van der Waals surface area contributed by atoms with Gasteiger partial charge in [-0.1, -0.05) is 19.1 Å². The molecule has 4 rings (SSSR count). The van der Waals surface area contributed by atoms with Gasteiger partial charge >= 0.3 is 0 Å². The van der Waals surface area contributed by atoms with E-state index in [1.807, 2.05) is 56.6 Å². The van der Waals surface area contributed by atoms with Crippen LogP contribution in [0.4, 0.5) is 4.39 Å². The van der Waals surface area contributed by atoms with Gasteiger partial charge in [-0.15, -0.1) is 0 Å². The van der Waals surface area contributed by atoms with E-state index in [1.54, 1.807) is 0 Å². The molecule has 0 spiro atoms. The molecule has 2 aromatic carbocycles. The number of fused-ring (bicyclic) bond motifs is 3. The fourth-order valence-corrected chi connectivity index (χ4v) is 3.43. The highest BCUT2D eigenvalue weighted by Gasteiger charge is 2.21. The van der Waals surface area contributed by atoms with Crippen LogP contribution < -0.4 is 4.57 Å². The Morgan fingerprint density at radius 3 is 2.67 bits per heavy atom. The number of benzene rings is 2. The number of hydrogen-bond donors (Lipinski definition) is 0. The van der Waals surface area contributed by atoms with Crippen LogP contribution in [0.1, 0.15) is 18.1 Å². The molecule has 0 fully saturated rings. The van der Waals surface area contributed by atoms with Gasteiger partial charge in [-0.05, 0) is 42.7 Å². The van der Waals surface area contributed by atoms with Gasteiger partial charge in [0.2, 0.25) is 5.69 Å². The predicted molar refractivity (Wildman–Crippen MR) is 94.4 cm³/mol. The molecule has 0 aliphatic heterocycles. The minimum absolute atomic E-state index is 0.243. The Kier molecular flexibility index (Phi) is 3.38. The van der Waals surface area contributed by atoms with Crippen LogP contribution in [0.15, 0.2) is 53.1 Å². The zero-order valence-electron chi connectivity index (χ0n) is 14.1. The van der Waals surface area contributed by atoms with Gasteiger partial charge in [0.1, 0.15) is 12.6 Å². The van der Waals surface area contributed by atoms with Crippen molar-refractivity contribution < 1.29 is 13.4 Å². The topological polar surface area (TPSA) is 17.0 Å². The molecule has 0 amide bonds. The van der Waals surface area contributed by atoms with E-state index >= 15 is 0 Å². The summed E-state index contributed by atoms with van der Waals surface area (Å²) < 4.78 is 22.7. The van der Waals surface area contributed by atoms with Crippen molar-refractivity contribution in [2.24, 2.45) is 7.05 Å². The Hall–Kier alpha value is -2.68. The molecule has 0 aliphatic rings. The number of aryl methyl sites for hydroxylation is 3. The first-order valence-electron chi connectivity index (χ1n) is 8.20. The van der Waals surface area contributed by atoms with Crippen LogP contribution in [-0.4, -0.2) is 0 Å². The molecular formula is C21H19FNO+. The van der Waals surface area contributed by atoms with Crippen molar-refractivity contribution in [3.63, 3.8) is 0 Å².